The molecule has 0 atom stereocenters. The molecular weight excluding hydrogens is 338 g/mol. The van der Waals surface area contributed by atoms with Crippen LogP contribution < -0.4 is 9.47 Å². The molecule has 0 amide bonds. The van der Waals surface area contributed by atoms with Crippen molar-refractivity contribution in [2.75, 3.05) is 20.3 Å². The van der Waals surface area contributed by atoms with Crippen LogP contribution in [0.15, 0.2) is 18.2 Å². The monoisotopic (exact) mass is 359 g/mol. The molecule has 1 heterocycles. The smallest absolute Gasteiger partial charge is 0.355 e. The number of hydrogen-bond acceptors (Lipinski definition) is 6. The molecular formula is C19H21NO6. The highest BCUT2D eigenvalue weighted by Crippen LogP contribution is 2.28. The van der Waals surface area contributed by atoms with Gasteiger partial charge in [-0.25, -0.2) is 4.79 Å². The average molecular weight is 359 g/mol. The molecule has 1 aromatic heterocycles. The second-order valence-corrected chi connectivity index (χ2v) is 5.59. The van der Waals surface area contributed by atoms with Gasteiger partial charge in [-0.2, -0.15) is 0 Å². The minimum Gasteiger partial charge on any atom is -0.493 e. The zero-order valence-corrected chi connectivity index (χ0v) is 15.2. The Morgan fingerprint density at radius 3 is 2.54 bits per heavy atom. The number of carbonyl (C=O) groups excluding carboxylic acids is 3. The summed E-state index contributed by atoms with van der Waals surface area (Å²) in [5.74, 6) is -0.0764. The highest BCUT2D eigenvalue weighted by Gasteiger charge is 2.23. The van der Waals surface area contributed by atoms with Crippen LogP contribution in [0.5, 0.6) is 11.5 Å². The lowest BCUT2D eigenvalue weighted by atomic mass is 10.1. The van der Waals surface area contributed by atoms with Crippen molar-refractivity contribution < 1.29 is 28.6 Å². The zero-order valence-electron chi connectivity index (χ0n) is 15.2. The fraction of sp³-hybridized carbons (Fsp3) is 0.316. The van der Waals surface area contributed by atoms with Crippen LogP contribution in [0.25, 0.3) is 0 Å². The molecule has 0 unspecified atom stereocenters. The Labute approximate surface area is 151 Å². The van der Waals surface area contributed by atoms with E-state index >= 15 is 0 Å². The van der Waals surface area contributed by atoms with Gasteiger partial charge in [-0.3, -0.25) is 9.59 Å². The Hall–Kier alpha value is -3.09. The summed E-state index contributed by atoms with van der Waals surface area (Å²) in [5.41, 5.74) is 2.20. The first-order chi connectivity index (χ1) is 12.4. The van der Waals surface area contributed by atoms with Crippen LogP contribution in [0, 0.1) is 13.8 Å². The second-order valence-electron chi connectivity index (χ2n) is 5.59. The maximum atomic E-state index is 12.6. The van der Waals surface area contributed by atoms with Gasteiger partial charge in [0.2, 0.25) is 5.78 Å². The molecule has 1 aromatic carbocycles. The number of esters is 1. The minimum atomic E-state index is -0.501. The predicted octanol–water partition coefficient (Wildman–Crippen LogP) is 2.89. The maximum absolute atomic E-state index is 12.6. The van der Waals surface area contributed by atoms with Gasteiger partial charge in [0.1, 0.15) is 12.0 Å². The molecule has 0 bridgehead atoms. The molecule has 0 aliphatic rings. The molecule has 0 aliphatic heterocycles. The van der Waals surface area contributed by atoms with Crippen molar-refractivity contribution in [3.63, 3.8) is 0 Å². The molecule has 138 valence electrons. The Balaban J connectivity index is 2.19. The summed E-state index contributed by atoms with van der Waals surface area (Å²) < 4.78 is 15.7. The summed E-state index contributed by atoms with van der Waals surface area (Å²) in [6, 6.07) is 4.66. The molecule has 0 spiro atoms. The third kappa shape index (κ3) is 3.93. The SMILES string of the molecule is CCOC(=O)c1[nH]c(C)c(C(=O)COc2ccc(C=O)cc2OC)c1C. The van der Waals surface area contributed by atoms with Crippen molar-refractivity contribution >= 4 is 18.0 Å². The topological polar surface area (TPSA) is 94.7 Å². The largest absolute Gasteiger partial charge is 0.493 e. The number of methoxy groups -OCH3 is 1. The number of Topliss-reactive ketones (excluding diaryl/α,β-unsaturated/α-hetero) is 1. The van der Waals surface area contributed by atoms with E-state index in [1.165, 1.54) is 13.2 Å². The Kier molecular flexibility index (Phi) is 6.16. The van der Waals surface area contributed by atoms with Crippen molar-refractivity contribution in [1.29, 1.82) is 0 Å². The number of aromatic nitrogens is 1. The molecule has 7 nitrogen and oxygen atoms in total. The van der Waals surface area contributed by atoms with Gasteiger partial charge in [0, 0.05) is 16.8 Å². The molecule has 0 saturated carbocycles. The average Bonchev–Trinajstić information content (AvgIpc) is 2.94. The minimum absolute atomic E-state index is 0.238. The number of nitrogens with one attached hydrogen (secondary N) is 1. The van der Waals surface area contributed by atoms with E-state index in [-0.39, 0.29) is 24.7 Å². The molecule has 7 heteroatoms. The lowest BCUT2D eigenvalue weighted by molar-refractivity contribution is 0.0519. The zero-order chi connectivity index (χ0) is 19.3. The first-order valence-corrected chi connectivity index (χ1v) is 8.08. The summed E-state index contributed by atoms with van der Waals surface area (Å²) in [7, 11) is 1.45. The molecule has 0 saturated heterocycles. The third-order valence-corrected chi connectivity index (χ3v) is 3.88. The molecule has 26 heavy (non-hydrogen) atoms. The van der Waals surface area contributed by atoms with E-state index in [1.54, 1.807) is 32.9 Å². The lowest BCUT2D eigenvalue weighted by Gasteiger charge is -2.11. The fourth-order valence-corrected chi connectivity index (χ4v) is 2.67. The number of aryl methyl sites for hydroxylation is 1. The van der Waals surface area contributed by atoms with E-state index in [4.69, 9.17) is 14.2 Å². The van der Waals surface area contributed by atoms with Gasteiger partial charge in [0.15, 0.2) is 18.1 Å². The van der Waals surface area contributed by atoms with E-state index in [0.717, 1.165) is 0 Å². The van der Waals surface area contributed by atoms with Gasteiger partial charge in [0.25, 0.3) is 0 Å². The van der Waals surface area contributed by atoms with Crippen LogP contribution in [0.1, 0.15) is 49.4 Å². The van der Waals surface area contributed by atoms with Gasteiger partial charge in [-0.1, -0.05) is 0 Å². The molecule has 0 fully saturated rings. The Morgan fingerprint density at radius 2 is 1.92 bits per heavy atom. The molecule has 0 radical (unpaired) electrons. The van der Waals surface area contributed by atoms with Crippen LogP contribution in [0.3, 0.4) is 0 Å². The number of H-pyrrole nitrogens is 1. The van der Waals surface area contributed by atoms with Crippen LogP contribution >= 0.6 is 0 Å². The van der Waals surface area contributed by atoms with E-state index in [1.807, 2.05) is 0 Å². The van der Waals surface area contributed by atoms with E-state index in [2.05, 4.69) is 4.98 Å². The van der Waals surface area contributed by atoms with Crippen molar-refractivity contribution in [2.24, 2.45) is 0 Å². The summed E-state index contributed by atoms with van der Waals surface area (Å²) in [6.07, 6.45) is 0.695. The quantitative estimate of drug-likeness (QED) is 0.442. The third-order valence-electron chi connectivity index (χ3n) is 3.88. The van der Waals surface area contributed by atoms with Gasteiger partial charge < -0.3 is 19.2 Å². The molecule has 2 rings (SSSR count). The summed E-state index contributed by atoms with van der Waals surface area (Å²) in [5, 5.41) is 0. The van der Waals surface area contributed by atoms with Crippen molar-refractivity contribution in [1.82, 2.24) is 4.98 Å². The number of benzene rings is 1. The second kappa shape index (κ2) is 8.33. The maximum Gasteiger partial charge on any atom is 0.355 e. The van der Waals surface area contributed by atoms with Gasteiger partial charge in [-0.15, -0.1) is 0 Å². The van der Waals surface area contributed by atoms with Gasteiger partial charge >= 0.3 is 5.97 Å². The summed E-state index contributed by atoms with van der Waals surface area (Å²) in [6.45, 7) is 5.12. The summed E-state index contributed by atoms with van der Waals surface area (Å²) >= 11 is 0. The fourth-order valence-electron chi connectivity index (χ4n) is 2.67. The van der Waals surface area contributed by atoms with Crippen LogP contribution in [0.2, 0.25) is 0 Å². The van der Waals surface area contributed by atoms with E-state index < -0.39 is 5.97 Å². The van der Waals surface area contributed by atoms with Crippen LogP contribution in [-0.2, 0) is 4.74 Å². The van der Waals surface area contributed by atoms with E-state index in [9.17, 15) is 14.4 Å². The van der Waals surface area contributed by atoms with Crippen LogP contribution in [0.4, 0.5) is 0 Å². The number of ether oxygens (including phenoxy) is 3. The Bertz CT molecular complexity index is 837. The number of aromatic amines is 1. The standard InChI is InChI=1S/C19H21NO6/c1-5-25-19(23)18-11(2)17(12(3)20-18)14(22)10-26-15-7-6-13(9-21)8-16(15)24-4/h6-9,20H,5,10H2,1-4H3. The van der Waals surface area contributed by atoms with Crippen molar-refractivity contribution in [3.8, 4) is 11.5 Å². The van der Waals surface area contributed by atoms with Gasteiger partial charge in [-0.05, 0) is 44.5 Å². The Morgan fingerprint density at radius 1 is 1.19 bits per heavy atom. The number of carbonyl (C=O) groups is 3. The highest BCUT2D eigenvalue weighted by molar-refractivity contribution is 6.03. The van der Waals surface area contributed by atoms with Crippen molar-refractivity contribution in [2.45, 2.75) is 20.8 Å². The highest BCUT2D eigenvalue weighted by atomic mass is 16.5. The van der Waals surface area contributed by atoms with Crippen molar-refractivity contribution in [3.05, 3.63) is 46.3 Å². The molecule has 2 aromatic rings. The normalized spacial score (nSPS) is 10.3. The predicted molar refractivity (Wildman–Crippen MR) is 94.4 cm³/mol. The first-order valence-electron chi connectivity index (χ1n) is 8.08. The summed E-state index contributed by atoms with van der Waals surface area (Å²) in [4.78, 5) is 38.2. The number of aldehydes is 1. The first kappa shape index (κ1) is 19.2. The number of hydrogen-bond donors (Lipinski definition) is 1. The molecule has 0 aliphatic carbocycles. The van der Waals surface area contributed by atoms with Gasteiger partial charge in [0.05, 0.1) is 13.7 Å². The lowest BCUT2D eigenvalue weighted by Crippen LogP contribution is -2.14. The number of rotatable bonds is 8. The van der Waals surface area contributed by atoms with E-state index in [0.29, 0.717) is 40.2 Å². The molecule has 1 N–H and O–H groups in total. The van der Waals surface area contributed by atoms with Crippen LogP contribution in [-0.4, -0.2) is 43.3 Å². The number of ketones is 1.